The van der Waals surface area contributed by atoms with Crippen LogP contribution in [-0.2, 0) is 25.6 Å². The summed E-state index contributed by atoms with van der Waals surface area (Å²) in [5.74, 6) is -2.01. The fraction of sp³-hybridized carbons (Fsp3) is 0.306. The van der Waals surface area contributed by atoms with Crippen molar-refractivity contribution in [1.29, 1.82) is 5.26 Å². The molecule has 5 rings (SSSR count). The highest BCUT2D eigenvalue weighted by Gasteiger charge is 2.47. The Hall–Kier alpha value is -5.87. The number of phenolic OH excluding ortho intramolecular Hbond substituents is 1. The predicted octanol–water partition coefficient (Wildman–Crippen LogP) is 2.22. The number of fused-ring (bicyclic) bond motifs is 1. The number of aromatic nitrogens is 2. The molecule has 1 saturated heterocycles. The number of nitrogens with zero attached hydrogens (tertiary/aromatic N) is 5. The molecule has 0 spiro atoms. The first-order chi connectivity index (χ1) is 23.6. The molecule has 1 aromatic heterocycles. The van der Waals surface area contributed by atoms with Gasteiger partial charge in [0.1, 0.15) is 24.2 Å². The van der Waals surface area contributed by atoms with Gasteiger partial charge in [0.25, 0.3) is 17.7 Å². The third-order valence-corrected chi connectivity index (χ3v) is 8.54. The molecular weight excluding hydrogens is 628 g/mol. The molecule has 3 heterocycles. The van der Waals surface area contributed by atoms with Crippen molar-refractivity contribution in [3.8, 4) is 11.8 Å². The molecule has 1 unspecified atom stereocenters. The number of hydrogen-bond donors (Lipinski definition) is 2. The van der Waals surface area contributed by atoms with Gasteiger partial charge in [-0.15, -0.1) is 5.10 Å². The number of carbonyl (C=O) groups is 4. The van der Waals surface area contributed by atoms with E-state index in [1.165, 1.54) is 18.2 Å². The molecule has 0 aliphatic carbocycles. The lowest BCUT2D eigenvalue weighted by Gasteiger charge is -2.34. The molecule has 0 bridgehead atoms. The molecule has 1 fully saturated rings. The van der Waals surface area contributed by atoms with Gasteiger partial charge in [-0.1, -0.05) is 30.9 Å². The van der Waals surface area contributed by atoms with Crippen LogP contribution in [0.3, 0.4) is 0 Å². The molecular formula is C36H36N6O7. The maximum absolute atomic E-state index is 13.3. The van der Waals surface area contributed by atoms with E-state index in [1.807, 2.05) is 39.0 Å². The van der Waals surface area contributed by atoms with Crippen LogP contribution >= 0.6 is 0 Å². The Balaban J connectivity index is 1.15. The number of likely N-dealkylation sites (tertiary alicyclic amines) is 1. The van der Waals surface area contributed by atoms with Crippen molar-refractivity contribution in [3.05, 3.63) is 92.7 Å². The monoisotopic (exact) mass is 664 g/mol. The van der Waals surface area contributed by atoms with Crippen molar-refractivity contribution < 1.29 is 33.8 Å². The Kier molecular flexibility index (Phi) is 10.5. The number of rotatable bonds is 12. The molecule has 2 aromatic carbocycles. The van der Waals surface area contributed by atoms with Crippen LogP contribution in [0.1, 0.15) is 62.9 Å². The van der Waals surface area contributed by atoms with Crippen LogP contribution < -0.4 is 15.8 Å². The minimum atomic E-state index is -1.16. The van der Waals surface area contributed by atoms with E-state index in [2.05, 4.69) is 28.2 Å². The number of allylic oxidation sites excluding steroid dienone is 1. The van der Waals surface area contributed by atoms with Crippen LogP contribution in [0.2, 0.25) is 0 Å². The molecule has 13 heteroatoms. The fourth-order valence-corrected chi connectivity index (χ4v) is 5.93. The van der Waals surface area contributed by atoms with E-state index in [9.17, 15) is 29.5 Å². The number of aryl methyl sites for hydroxylation is 1. The number of ether oxygens (including phenoxy) is 2. The van der Waals surface area contributed by atoms with Gasteiger partial charge >= 0.3 is 0 Å². The average Bonchev–Trinajstić information content (AvgIpc) is 3.34. The minimum Gasteiger partial charge on any atom is -0.507 e. The highest BCUT2D eigenvalue weighted by molar-refractivity contribution is 6.24. The van der Waals surface area contributed by atoms with E-state index in [0.29, 0.717) is 23.7 Å². The molecule has 252 valence electrons. The van der Waals surface area contributed by atoms with E-state index in [0.717, 1.165) is 37.1 Å². The lowest BCUT2D eigenvalue weighted by molar-refractivity contribution is -0.152. The first-order valence-electron chi connectivity index (χ1n) is 15.7. The van der Waals surface area contributed by atoms with Crippen LogP contribution in [0.25, 0.3) is 12.2 Å². The Morgan fingerprint density at radius 1 is 1.08 bits per heavy atom. The number of carbonyl (C=O) groups excluding carboxylic acids is 4. The standard InChI is InChI=1S/C36H36N6O7/c1-5-26-23(4)39-40-33(38-20-25-9-6-8-24(19-37)22(25)3)28(26)18-21(2)49-17-16-48-15-14-41-31(44)13-12-29(35(41)46)42-34(45)27-10-7-11-30(43)32(27)36(42)47/h5-11,18,29,43H,2,12-17,20H2,1,3-4H3,(H,38,40)/b26-5-,28-18+. The van der Waals surface area contributed by atoms with Crippen LogP contribution in [0.5, 0.6) is 5.75 Å². The lowest BCUT2D eigenvalue weighted by Crippen LogP contribution is -2.56. The van der Waals surface area contributed by atoms with Crippen LogP contribution in [0, 0.1) is 25.2 Å². The van der Waals surface area contributed by atoms with Crippen molar-refractivity contribution in [2.75, 3.05) is 31.7 Å². The Bertz CT molecular complexity index is 2020. The predicted molar refractivity (Wildman–Crippen MR) is 178 cm³/mol. The summed E-state index contributed by atoms with van der Waals surface area (Å²) in [5, 5.41) is 33.0. The van der Waals surface area contributed by atoms with E-state index in [1.54, 1.807) is 12.1 Å². The molecule has 2 N–H and O–H groups in total. The second-order valence-corrected chi connectivity index (χ2v) is 11.5. The van der Waals surface area contributed by atoms with E-state index in [4.69, 9.17) is 9.47 Å². The molecule has 4 amide bonds. The summed E-state index contributed by atoms with van der Waals surface area (Å²) in [5.41, 5.74) is 3.05. The van der Waals surface area contributed by atoms with Crippen LogP contribution in [0.15, 0.2) is 48.7 Å². The van der Waals surface area contributed by atoms with Crippen molar-refractivity contribution in [1.82, 2.24) is 20.0 Å². The summed E-state index contributed by atoms with van der Waals surface area (Å²) < 4.78 is 11.4. The van der Waals surface area contributed by atoms with Gasteiger partial charge in [0, 0.05) is 23.4 Å². The van der Waals surface area contributed by atoms with Gasteiger partial charge in [-0.05, 0) is 62.6 Å². The van der Waals surface area contributed by atoms with E-state index >= 15 is 0 Å². The largest absolute Gasteiger partial charge is 0.507 e. The summed E-state index contributed by atoms with van der Waals surface area (Å²) in [4.78, 5) is 53.7. The molecule has 2 aliphatic heterocycles. The zero-order chi connectivity index (χ0) is 35.2. The second kappa shape index (κ2) is 14.9. The maximum Gasteiger partial charge on any atom is 0.266 e. The molecule has 13 nitrogen and oxygen atoms in total. The van der Waals surface area contributed by atoms with Crippen LogP contribution in [0.4, 0.5) is 5.82 Å². The molecule has 49 heavy (non-hydrogen) atoms. The highest BCUT2D eigenvalue weighted by Crippen LogP contribution is 2.33. The van der Waals surface area contributed by atoms with Gasteiger partial charge in [0.05, 0.1) is 48.2 Å². The fourth-order valence-electron chi connectivity index (χ4n) is 5.93. The quantitative estimate of drug-likeness (QED) is 0.165. The number of imide groups is 2. The topological polar surface area (TPSA) is 175 Å². The number of amides is 4. The third kappa shape index (κ3) is 7.05. The summed E-state index contributed by atoms with van der Waals surface area (Å²) in [6, 6.07) is 10.8. The number of nitriles is 1. The number of benzene rings is 2. The first-order valence-corrected chi connectivity index (χ1v) is 15.7. The van der Waals surface area contributed by atoms with Crippen molar-refractivity contribution in [2.45, 2.75) is 46.2 Å². The van der Waals surface area contributed by atoms with Gasteiger partial charge < -0.3 is 19.9 Å². The molecule has 0 radical (unpaired) electrons. The average molecular weight is 665 g/mol. The van der Waals surface area contributed by atoms with Crippen LogP contribution in [-0.4, -0.2) is 81.1 Å². The van der Waals surface area contributed by atoms with Crippen molar-refractivity contribution in [3.63, 3.8) is 0 Å². The maximum atomic E-state index is 13.3. The first kappa shape index (κ1) is 34.5. The van der Waals surface area contributed by atoms with Gasteiger partial charge in [-0.25, -0.2) is 0 Å². The summed E-state index contributed by atoms with van der Waals surface area (Å²) >= 11 is 0. The molecule has 0 saturated carbocycles. The number of anilines is 1. The number of hydrogen-bond acceptors (Lipinski definition) is 11. The minimum absolute atomic E-state index is 0.00296. The summed E-state index contributed by atoms with van der Waals surface area (Å²) in [6.07, 6.45) is 3.65. The van der Waals surface area contributed by atoms with Gasteiger partial charge in [0.2, 0.25) is 5.91 Å². The van der Waals surface area contributed by atoms with Gasteiger partial charge in [-0.2, -0.15) is 10.4 Å². The van der Waals surface area contributed by atoms with Crippen molar-refractivity contribution in [2.24, 2.45) is 0 Å². The Labute approximate surface area is 282 Å². The van der Waals surface area contributed by atoms with E-state index in [-0.39, 0.29) is 56.1 Å². The number of phenols is 1. The van der Waals surface area contributed by atoms with Crippen molar-refractivity contribution >= 4 is 41.6 Å². The summed E-state index contributed by atoms with van der Waals surface area (Å²) in [7, 11) is 0. The SMILES string of the molecule is C=C(/C=c1/c(NCc2cccc(C#N)c2C)nnc(C)/c1=C/C)OCCOCCN1C(=O)CCC(N2C(=O)c3cccc(O)c3C2=O)C1=O. The number of piperidine rings is 1. The Morgan fingerprint density at radius 3 is 2.59 bits per heavy atom. The van der Waals surface area contributed by atoms with Gasteiger partial charge in [-0.3, -0.25) is 29.0 Å². The second-order valence-electron chi connectivity index (χ2n) is 11.5. The number of aromatic hydroxyl groups is 1. The smallest absolute Gasteiger partial charge is 0.266 e. The zero-order valence-corrected chi connectivity index (χ0v) is 27.5. The zero-order valence-electron chi connectivity index (χ0n) is 27.5. The Morgan fingerprint density at radius 2 is 1.86 bits per heavy atom. The summed E-state index contributed by atoms with van der Waals surface area (Å²) in [6.45, 7) is 10.3. The normalized spacial score (nSPS) is 16.7. The third-order valence-electron chi connectivity index (χ3n) is 8.54. The van der Waals surface area contributed by atoms with E-state index < -0.39 is 29.7 Å². The lowest BCUT2D eigenvalue weighted by atomic mass is 10.0. The highest BCUT2D eigenvalue weighted by atomic mass is 16.5. The molecule has 1 atom stereocenters. The number of nitrogens with one attached hydrogen (secondary N) is 1. The van der Waals surface area contributed by atoms with Gasteiger partial charge in [0.15, 0.2) is 5.82 Å². The molecule has 3 aromatic rings. The molecule has 2 aliphatic rings.